The number of hydrogen-bond acceptors (Lipinski definition) is 9. The van der Waals surface area contributed by atoms with E-state index in [1.165, 1.54) is 0 Å². The number of carboxylic acid groups (broad SMARTS) is 1. The second kappa shape index (κ2) is 21.0. The zero-order chi connectivity index (χ0) is 46.2. The van der Waals surface area contributed by atoms with E-state index < -0.39 is 142 Å². The second-order valence-electron chi connectivity index (χ2n) is 17.4. The van der Waals surface area contributed by atoms with Crippen molar-refractivity contribution in [1.82, 2.24) is 15.5 Å². The normalized spacial score (nSPS) is 18.5. The predicted octanol–water partition coefficient (Wildman–Crippen LogP) is 5.29. The first-order valence-corrected chi connectivity index (χ1v) is 20.6. The first-order chi connectivity index (χ1) is 29.0. The van der Waals surface area contributed by atoms with Gasteiger partial charge in [-0.15, -0.1) is 0 Å². The molecule has 18 heteroatoms. The third-order valence-electron chi connectivity index (χ3n) is 11.0. The van der Waals surface area contributed by atoms with Crippen LogP contribution in [0, 0.1) is 41.0 Å². The number of ketones is 3. The molecule has 1 saturated carbocycles. The van der Waals surface area contributed by atoms with E-state index in [9.17, 15) is 56.6 Å². The number of nitrogens with one attached hydrogen (secondary N) is 2. The lowest BCUT2D eigenvalue weighted by atomic mass is 9.82. The number of rotatable bonds is 19. The first-order valence-electron chi connectivity index (χ1n) is 20.6. The van der Waals surface area contributed by atoms with Crippen LogP contribution in [0.15, 0.2) is 30.3 Å². The summed E-state index contributed by atoms with van der Waals surface area (Å²) in [7, 11) is 0. The number of primary amides is 1. The van der Waals surface area contributed by atoms with E-state index in [-0.39, 0.29) is 25.3 Å². The molecule has 4 amide bonds. The Hall–Kier alpha value is -5.52. The van der Waals surface area contributed by atoms with Crippen LogP contribution in [0.25, 0.3) is 0 Å². The number of carbonyl (C=O) groups excluding carboxylic acids is 7. The number of aromatic carboxylic acids is 1. The van der Waals surface area contributed by atoms with Gasteiger partial charge in [0.15, 0.2) is 34.8 Å². The Morgan fingerprint density at radius 3 is 2.03 bits per heavy atom. The molecule has 1 saturated heterocycles. The molecule has 2 aromatic rings. The van der Waals surface area contributed by atoms with Gasteiger partial charge in [0, 0.05) is 38.1 Å². The molecular formula is C44H54F4N4O10. The molecule has 14 nitrogen and oxygen atoms in total. The molecule has 2 fully saturated rings. The summed E-state index contributed by atoms with van der Waals surface area (Å²) in [4.78, 5) is 107. The molecule has 338 valence electrons. The van der Waals surface area contributed by atoms with Gasteiger partial charge in [-0.25, -0.2) is 22.4 Å². The zero-order valence-electron chi connectivity index (χ0n) is 35.4. The molecule has 0 radical (unpaired) electrons. The minimum atomic E-state index is -2.41. The van der Waals surface area contributed by atoms with E-state index in [4.69, 9.17) is 10.5 Å². The van der Waals surface area contributed by atoms with Gasteiger partial charge >= 0.3 is 5.97 Å². The Morgan fingerprint density at radius 2 is 1.47 bits per heavy atom. The number of carboxylic acids is 1. The molecule has 0 spiro atoms. The summed E-state index contributed by atoms with van der Waals surface area (Å²) in [5.41, 5.74) is 1.46. The van der Waals surface area contributed by atoms with E-state index in [2.05, 4.69) is 10.6 Å². The minimum Gasteiger partial charge on any atom is -0.477 e. The molecule has 1 unspecified atom stereocenters. The van der Waals surface area contributed by atoms with Gasteiger partial charge in [-0.1, -0.05) is 63.4 Å². The van der Waals surface area contributed by atoms with Crippen molar-refractivity contribution in [1.29, 1.82) is 0 Å². The number of ether oxygens (including phenoxy) is 1. The highest BCUT2D eigenvalue weighted by atomic mass is 19.2. The van der Waals surface area contributed by atoms with Crippen molar-refractivity contribution in [2.45, 2.75) is 129 Å². The van der Waals surface area contributed by atoms with Gasteiger partial charge in [0.05, 0.1) is 17.7 Å². The fourth-order valence-electron chi connectivity index (χ4n) is 8.20. The summed E-state index contributed by atoms with van der Waals surface area (Å²) in [6, 6.07) is 4.11. The van der Waals surface area contributed by atoms with Crippen molar-refractivity contribution in [2.75, 3.05) is 6.54 Å². The van der Waals surface area contributed by atoms with Crippen LogP contribution < -0.4 is 16.4 Å². The van der Waals surface area contributed by atoms with Crippen LogP contribution in [-0.4, -0.2) is 87.3 Å². The number of hydrogen-bond donors (Lipinski definition) is 4. The van der Waals surface area contributed by atoms with E-state index in [1.807, 2.05) is 0 Å². The van der Waals surface area contributed by atoms with Gasteiger partial charge in [-0.3, -0.25) is 33.6 Å². The first kappa shape index (κ1) is 49.1. The molecule has 2 aromatic carbocycles. The summed E-state index contributed by atoms with van der Waals surface area (Å²) in [5.74, 6) is -20.3. The Labute approximate surface area is 356 Å². The summed E-state index contributed by atoms with van der Waals surface area (Å²) < 4.78 is 65.2. The third kappa shape index (κ3) is 12.3. The Morgan fingerprint density at radius 1 is 0.855 bits per heavy atom. The Bertz CT molecular complexity index is 2050. The van der Waals surface area contributed by atoms with E-state index >= 15 is 4.39 Å². The summed E-state index contributed by atoms with van der Waals surface area (Å²) >= 11 is 0. The predicted molar refractivity (Wildman–Crippen MR) is 214 cm³/mol. The molecule has 1 heterocycles. The van der Waals surface area contributed by atoms with Crippen molar-refractivity contribution in [3.05, 3.63) is 70.3 Å². The monoisotopic (exact) mass is 874 g/mol. The van der Waals surface area contributed by atoms with E-state index in [1.54, 1.807) is 65.0 Å². The van der Waals surface area contributed by atoms with Crippen LogP contribution in [0.5, 0.6) is 0 Å². The molecule has 0 bridgehead atoms. The number of halogens is 4. The summed E-state index contributed by atoms with van der Waals surface area (Å²) in [6.07, 6.45) is 0.366. The molecule has 5 N–H and O–H groups in total. The fourth-order valence-corrected chi connectivity index (χ4v) is 8.20. The van der Waals surface area contributed by atoms with Crippen LogP contribution in [-0.2, 0) is 33.5 Å². The van der Waals surface area contributed by atoms with Crippen molar-refractivity contribution < 1.29 is 65.8 Å². The van der Waals surface area contributed by atoms with Gasteiger partial charge in [-0.2, -0.15) is 0 Å². The van der Waals surface area contributed by atoms with E-state index in [0.29, 0.717) is 31.2 Å². The van der Waals surface area contributed by atoms with Gasteiger partial charge in [0.2, 0.25) is 23.5 Å². The number of Topliss-reactive ketones (excluding diaryl/α,β-unsaturated/α-hetero) is 3. The van der Waals surface area contributed by atoms with Gasteiger partial charge in [0.25, 0.3) is 5.91 Å². The lowest BCUT2D eigenvalue weighted by Crippen LogP contribution is -2.55. The molecule has 62 heavy (non-hydrogen) atoms. The average Bonchev–Trinajstić information content (AvgIpc) is 3.62. The van der Waals surface area contributed by atoms with Crippen LogP contribution in [0.1, 0.15) is 131 Å². The van der Waals surface area contributed by atoms with Crippen molar-refractivity contribution in [3.8, 4) is 0 Å². The van der Waals surface area contributed by atoms with Crippen LogP contribution in [0.2, 0.25) is 0 Å². The molecule has 4 rings (SSSR count). The van der Waals surface area contributed by atoms with Crippen LogP contribution in [0.3, 0.4) is 0 Å². The number of carbonyl (C=O) groups is 8. The maximum Gasteiger partial charge on any atom is 0.341 e. The topological polar surface area (TPSA) is 219 Å². The number of benzene rings is 2. The fraction of sp³-hybridized carbons (Fsp3) is 0.545. The highest BCUT2D eigenvalue weighted by Crippen LogP contribution is 2.33. The summed E-state index contributed by atoms with van der Waals surface area (Å²) in [6.45, 7) is 8.57. The van der Waals surface area contributed by atoms with Gasteiger partial charge in [-0.05, 0) is 57.4 Å². The number of likely N-dealkylation sites (tertiary alicyclic amines) is 1. The largest absolute Gasteiger partial charge is 0.477 e. The molecule has 1 aliphatic heterocycles. The number of amides is 4. The smallest absolute Gasteiger partial charge is 0.341 e. The average molecular weight is 875 g/mol. The quantitative estimate of drug-likeness (QED) is 0.0619. The van der Waals surface area contributed by atoms with Crippen molar-refractivity contribution >= 4 is 46.9 Å². The zero-order valence-corrected chi connectivity index (χ0v) is 35.4. The summed E-state index contributed by atoms with van der Waals surface area (Å²) in [5, 5.41) is 14.0. The highest BCUT2D eigenvalue weighted by molar-refractivity contribution is 6.38. The van der Waals surface area contributed by atoms with Gasteiger partial charge in [0.1, 0.15) is 23.2 Å². The Balaban J connectivity index is 1.60. The number of nitrogens with two attached hydrogens (primary N) is 1. The van der Waals surface area contributed by atoms with Crippen LogP contribution in [0.4, 0.5) is 17.6 Å². The minimum absolute atomic E-state index is 0.0687. The maximum absolute atomic E-state index is 15.3. The number of nitrogens with zero attached hydrogens (tertiary/aromatic N) is 1. The lowest BCUT2D eigenvalue weighted by Gasteiger charge is -2.35. The van der Waals surface area contributed by atoms with Gasteiger partial charge < -0.3 is 31.1 Å². The second-order valence-corrected chi connectivity index (χ2v) is 17.4. The van der Waals surface area contributed by atoms with Crippen molar-refractivity contribution in [2.24, 2.45) is 23.5 Å². The van der Waals surface area contributed by atoms with E-state index in [0.717, 1.165) is 11.3 Å². The molecule has 1 aliphatic carbocycles. The lowest BCUT2D eigenvalue weighted by molar-refractivity contribution is -0.143. The Kier molecular flexibility index (Phi) is 16.7. The third-order valence-corrected chi connectivity index (χ3v) is 11.0. The standard InChI is InChI=1S/C44H54F4N4O10/c1-22(2)18-25(39(56)28(53)16-17-30(55)50-37(40(49)57)23-12-8-6-9-13-23)19-29(54)27-20-26(62-44(3,4)5)21-52(27)42(59)38(24-14-10-7-11-15-24)51-41(58)31-33(45)32(43(60)61)35(47)36(48)34(31)46/h6,8-9,12-13,22,24-27,37-38H,7,10-11,14-21H2,1-5H3,(H2,49,57)(H,50,55)(H,51,58)(H,60,61)/t25?,26-,27+,37+,38+/m1/s1. The van der Waals surface area contributed by atoms with Crippen molar-refractivity contribution in [3.63, 3.8) is 0 Å². The molecular weight excluding hydrogens is 820 g/mol. The molecule has 5 atom stereocenters. The molecule has 0 aromatic heterocycles. The molecule has 2 aliphatic rings. The maximum atomic E-state index is 15.3. The van der Waals surface area contributed by atoms with Crippen LogP contribution >= 0.6 is 0 Å². The SMILES string of the molecule is CC(C)CC(CC(=O)[C@@H]1C[C@@H](OC(C)(C)C)CN1C(=O)[C@@H](NC(=O)c1c(F)c(F)c(F)c(C(=O)O)c1F)C1CCCCC1)C(=O)C(=O)CCC(=O)N[C@H](C(N)=O)c1ccccc1. The highest BCUT2D eigenvalue weighted by Gasteiger charge is 2.46.